The molecule has 0 saturated heterocycles. The zero-order chi connectivity index (χ0) is 9.10. The van der Waals surface area contributed by atoms with Gasteiger partial charge in [-0.05, 0) is 11.5 Å². The van der Waals surface area contributed by atoms with E-state index in [9.17, 15) is 0 Å². The molecule has 2 aromatic rings. The van der Waals surface area contributed by atoms with E-state index in [4.69, 9.17) is 5.26 Å². The fourth-order valence-electron chi connectivity index (χ4n) is 1.40. The lowest BCUT2D eigenvalue weighted by atomic mass is 10.1. The number of hydrogen-bond donors (Lipinski definition) is 0. The van der Waals surface area contributed by atoms with Gasteiger partial charge < -0.3 is 0 Å². The Balaban J connectivity index is 2.70. The smallest absolute Gasteiger partial charge is 0.0781 e. The van der Waals surface area contributed by atoms with Gasteiger partial charge >= 0.3 is 0 Å². The van der Waals surface area contributed by atoms with Gasteiger partial charge in [0.1, 0.15) is 0 Å². The SMILES string of the molecule is N#CCc1nccc2ccccc12. The molecule has 0 atom stereocenters. The maximum atomic E-state index is 8.59. The molecule has 62 valence electrons. The first-order chi connectivity index (χ1) is 6.42. The minimum atomic E-state index is 0.376. The highest BCUT2D eigenvalue weighted by Crippen LogP contribution is 2.15. The van der Waals surface area contributed by atoms with E-state index in [1.807, 2.05) is 30.3 Å². The topological polar surface area (TPSA) is 36.7 Å². The van der Waals surface area contributed by atoms with Gasteiger partial charge in [0.25, 0.3) is 0 Å². The predicted octanol–water partition coefficient (Wildman–Crippen LogP) is 2.30. The lowest BCUT2D eigenvalue weighted by molar-refractivity contribution is 1.14. The van der Waals surface area contributed by atoms with Crippen LogP contribution in [0, 0.1) is 11.3 Å². The van der Waals surface area contributed by atoms with E-state index in [2.05, 4.69) is 11.1 Å². The largest absolute Gasteiger partial charge is 0.260 e. The first-order valence-corrected chi connectivity index (χ1v) is 4.11. The average molecular weight is 168 g/mol. The Kier molecular flexibility index (Phi) is 1.93. The third-order valence-electron chi connectivity index (χ3n) is 2.00. The Bertz CT molecular complexity index is 463. The van der Waals surface area contributed by atoms with Crippen molar-refractivity contribution in [2.75, 3.05) is 0 Å². The number of hydrogen-bond acceptors (Lipinski definition) is 2. The molecular formula is C11H8N2. The number of aromatic nitrogens is 1. The Morgan fingerprint density at radius 2 is 2.08 bits per heavy atom. The van der Waals surface area contributed by atoms with Gasteiger partial charge in [-0.2, -0.15) is 5.26 Å². The molecule has 0 fully saturated rings. The van der Waals surface area contributed by atoms with Crippen molar-refractivity contribution >= 4 is 10.8 Å². The number of nitriles is 1. The van der Waals surface area contributed by atoms with Crippen LogP contribution in [0.25, 0.3) is 10.8 Å². The minimum Gasteiger partial charge on any atom is -0.260 e. The molecule has 13 heavy (non-hydrogen) atoms. The van der Waals surface area contributed by atoms with Crippen LogP contribution in [-0.2, 0) is 6.42 Å². The summed E-state index contributed by atoms with van der Waals surface area (Å²) < 4.78 is 0. The molecule has 0 aliphatic heterocycles. The van der Waals surface area contributed by atoms with Crippen LogP contribution in [0.4, 0.5) is 0 Å². The Hall–Kier alpha value is -1.88. The summed E-state index contributed by atoms with van der Waals surface area (Å²) in [5.74, 6) is 0. The molecule has 2 nitrogen and oxygen atoms in total. The molecule has 0 saturated carbocycles. The molecule has 1 aromatic carbocycles. The quantitative estimate of drug-likeness (QED) is 0.655. The van der Waals surface area contributed by atoms with Crippen molar-refractivity contribution < 1.29 is 0 Å². The van der Waals surface area contributed by atoms with Crippen molar-refractivity contribution in [3.63, 3.8) is 0 Å². The molecule has 0 unspecified atom stereocenters. The molecule has 0 bridgehead atoms. The van der Waals surface area contributed by atoms with Crippen LogP contribution in [0.15, 0.2) is 36.5 Å². The number of fused-ring (bicyclic) bond motifs is 1. The molecule has 0 spiro atoms. The Morgan fingerprint density at radius 3 is 2.92 bits per heavy atom. The summed E-state index contributed by atoms with van der Waals surface area (Å²) in [6, 6.07) is 12.0. The van der Waals surface area contributed by atoms with Gasteiger partial charge in [0.2, 0.25) is 0 Å². The predicted molar refractivity (Wildman–Crippen MR) is 51.1 cm³/mol. The normalized spacial score (nSPS) is 9.77. The summed E-state index contributed by atoms with van der Waals surface area (Å²) in [4.78, 5) is 4.17. The fraction of sp³-hybridized carbons (Fsp3) is 0.0909. The van der Waals surface area contributed by atoms with Gasteiger partial charge in [0.05, 0.1) is 18.2 Å². The summed E-state index contributed by atoms with van der Waals surface area (Å²) in [5.41, 5.74) is 0.862. The highest BCUT2D eigenvalue weighted by atomic mass is 14.7. The van der Waals surface area contributed by atoms with Crippen molar-refractivity contribution in [1.29, 1.82) is 5.26 Å². The lowest BCUT2D eigenvalue weighted by Crippen LogP contribution is -1.88. The van der Waals surface area contributed by atoms with E-state index < -0.39 is 0 Å². The summed E-state index contributed by atoms with van der Waals surface area (Å²) in [6.07, 6.45) is 2.12. The molecule has 1 aromatic heterocycles. The van der Waals surface area contributed by atoms with E-state index >= 15 is 0 Å². The van der Waals surface area contributed by atoms with E-state index in [1.165, 1.54) is 0 Å². The second-order valence-corrected chi connectivity index (χ2v) is 2.81. The van der Waals surface area contributed by atoms with Crippen LogP contribution >= 0.6 is 0 Å². The number of nitrogens with zero attached hydrogens (tertiary/aromatic N) is 2. The highest BCUT2D eigenvalue weighted by molar-refractivity contribution is 5.84. The third-order valence-corrected chi connectivity index (χ3v) is 2.00. The Morgan fingerprint density at radius 1 is 1.23 bits per heavy atom. The number of rotatable bonds is 1. The second-order valence-electron chi connectivity index (χ2n) is 2.81. The zero-order valence-electron chi connectivity index (χ0n) is 7.07. The summed E-state index contributed by atoms with van der Waals surface area (Å²) in [7, 11) is 0. The first-order valence-electron chi connectivity index (χ1n) is 4.11. The number of benzene rings is 1. The minimum absolute atomic E-state index is 0.376. The van der Waals surface area contributed by atoms with Crippen LogP contribution in [0.1, 0.15) is 5.69 Å². The van der Waals surface area contributed by atoms with Crippen molar-refractivity contribution in [2.45, 2.75) is 6.42 Å². The van der Waals surface area contributed by atoms with Crippen LogP contribution in [0.2, 0.25) is 0 Å². The van der Waals surface area contributed by atoms with Gasteiger partial charge in [-0.3, -0.25) is 4.98 Å². The Labute approximate surface area is 76.5 Å². The van der Waals surface area contributed by atoms with Gasteiger partial charge in [-0.15, -0.1) is 0 Å². The standard InChI is InChI=1S/C11H8N2/c12-7-5-11-10-4-2-1-3-9(10)6-8-13-11/h1-4,6,8H,5H2. The molecular weight excluding hydrogens is 160 g/mol. The summed E-state index contributed by atoms with van der Waals surface area (Å²) in [5, 5.41) is 10.8. The third kappa shape index (κ3) is 1.36. The molecule has 1 heterocycles. The van der Waals surface area contributed by atoms with E-state index in [0.29, 0.717) is 6.42 Å². The van der Waals surface area contributed by atoms with E-state index in [0.717, 1.165) is 16.5 Å². The van der Waals surface area contributed by atoms with Crippen LogP contribution < -0.4 is 0 Å². The summed E-state index contributed by atoms with van der Waals surface area (Å²) in [6.45, 7) is 0. The average Bonchev–Trinajstić information content (AvgIpc) is 2.19. The van der Waals surface area contributed by atoms with E-state index in [1.54, 1.807) is 6.20 Å². The molecule has 2 heteroatoms. The van der Waals surface area contributed by atoms with Gasteiger partial charge in [0, 0.05) is 11.6 Å². The lowest BCUT2D eigenvalue weighted by Gasteiger charge is -2.00. The van der Waals surface area contributed by atoms with Crippen LogP contribution in [-0.4, -0.2) is 4.98 Å². The second kappa shape index (κ2) is 3.24. The molecule has 0 aliphatic rings. The molecule has 0 N–H and O–H groups in total. The monoisotopic (exact) mass is 168 g/mol. The molecule has 0 aliphatic carbocycles. The van der Waals surface area contributed by atoms with Gasteiger partial charge in [-0.1, -0.05) is 24.3 Å². The molecule has 2 rings (SSSR count). The van der Waals surface area contributed by atoms with Crippen LogP contribution in [0.5, 0.6) is 0 Å². The first kappa shape index (κ1) is 7.75. The summed E-state index contributed by atoms with van der Waals surface area (Å²) >= 11 is 0. The molecule has 0 amide bonds. The van der Waals surface area contributed by atoms with Crippen molar-refractivity contribution in [3.05, 3.63) is 42.2 Å². The van der Waals surface area contributed by atoms with Crippen molar-refractivity contribution in [2.24, 2.45) is 0 Å². The molecule has 0 radical (unpaired) electrons. The van der Waals surface area contributed by atoms with Gasteiger partial charge in [-0.25, -0.2) is 0 Å². The fourth-order valence-corrected chi connectivity index (χ4v) is 1.40. The maximum absolute atomic E-state index is 8.59. The van der Waals surface area contributed by atoms with Crippen molar-refractivity contribution in [3.8, 4) is 6.07 Å². The highest BCUT2D eigenvalue weighted by Gasteiger charge is 1.99. The van der Waals surface area contributed by atoms with E-state index in [-0.39, 0.29) is 0 Å². The van der Waals surface area contributed by atoms with Crippen molar-refractivity contribution in [1.82, 2.24) is 4.98 Å². The number of pyridine rings is 1. The zero-order valence-corrected chi connectivity index (χ0v) is 7.07. The van der Waals surface area contributed by atoms with Crippen LogP contribution in [0.3, 0.4) is 0 Å². The maximum Gasteiger partial charge on any atom is 0.0781 e. The van der Waals surface area contributed by atoms with Gasteiger partial charge in [0.15, 0.2) is 0 Å².